The molecule has 0 bridgehead atoms. The van der Waals surface area contributed by atoms with E-state index in [1.807, 2.05) is 6.92 Å². The normalized spacial score (nSPS) is 11.7. The fourth-order valence-electron chi connectivity index (χ4n) is 0.548. The lowest BCUT2D eigenvalue weighted by Crippen LogP contribution is -2.17. The minimum absolute atomic E-state index is 0.0422. The second kappa shape index (κ2) is 8.88. The van der Waals surface area contributed by atoms with Gasteiger partial charge in [-0.15, -0.1) is 0 Å². The first-order chi connectivity index (χ1) is 7.49. The van der Waals surface area contributed by atoms with Crippen molar-refractivity contribution in [3.63, 3.8) is 0 Å². The number of halogens is 4. The number of nitrogens with zero attached hydrogens (tertiary/aromatic N) is 1. The van der Waals surface area contributed by atoms with E-state index in [9.17, 15) is 4.79 Å². The zero-order valence-electron chi connectivity index (χ0n) is 8.24. The molecule has 0 N–H and O–H groups in total. The van der Waals surface area contributed by atoms with Crippen molar-refractivity contribution in [2.75, 3.05) is 0 Å². The second-order valence-electron chi connectivity index (χ2n) is 2.41. The van der Waals surface area contributed by atoms with Gasteiger partial charge in [-0.05, 0) is 6.92 Å². The topological polar surface area (TPSA) is 38.7 Å². The standard InChI is InChI=1S/C9H9Cl4NO2/c1-2-3-4-5-6(15)16-14-7(8(10)11)9(12)13/h2-5,8-9H,1H3. The van der Waals surface area contributed by atoms with E-state index in [-0.39, 0.29) is 5.71 Å². The number of carbonyl (C=O) groups excluding carboxylic acids is 1. The third-order valence-corrected chi connectivity index (χ3v) is 2.12. The Balaban J connectivity index is 4.38. The minimum Gasteiger partial charge on any atom is -0.313 e. The number of hydrogen-bond acceptors (Lipinski definition) is 3. The van der Waals surface area contributed by atoms with Gasteiger partial charge in [0.1, 0.15) is 5.71 Å². The molecule has 0 saturated carbocycles. The van der Waals surface area contributed by atoms with Gasteiger partial charge in [0.25, 0.3) is 0 Å². The van der Waals surface area contributed by atoms with Crippen molar-refractivity contribution in [1.29, 1.82) is 0 Å². The molecule has 0 atom stereocenters. The van der Waals surface area contributed by atoms with Crippen LogP contribution in [0, 0.1) is 0 Å². The maximum atomic E-state index is 11.0. The number of oxime groups is 1. The van der Waals surface area contributed by atoms with Gasteiger partial charge in [-0.1, -0.05) is 69.8 Å². The Morgan fingerprint density at radius 3 is 2.19 bits per heavy atom. The van der Waals surface area contributed by atoms with E-state index in [4.69, 9.17) is 46.4 Å². The Kier molecular flexibility index (Phi) is 8.76. The number of hydrogen-bond donors (Lipinski definition) is 0. The van der Waals surface area contributed by atoms with Crippen molar-refractivity contribution in [3.05, 3.63) is 24.3 Å². The fourth-order valence-corrected chi connectivity index (χ4v) is 1.47. The van der Waals surface area contributed by atoms with Gasteiger partial charge in [-0.3, -0.25) is 0 Å². The SMILES string of the molecule is CC=CC=CC(=O)ON=C(C(Cl)Cl)C(Cl)Cl. The first-order valence-electron chi connectivity index (χ1n) is 4.13. The van der Waals surface area contributed by atoms with Crippen LogP contribution in [0.4, 0.5) is 0 Å². The molecule has 0 aliphatic heterocycles. The fraction of sp³-hybridized carbons (Fsp3) is 0.333. The van der Waals surface area contributed by atoms with Crippen LogP contribution < -0.4 is 0 Å². The molecule has 0 aromatic carbocycles. The van der Waals surface area contributed by atoms with Crippen LogP contribution in [0.5, 0.6) is 0 Å². The molecule has 0 spiro atoms. The molecule has 0 radical (unpaired) electrons. The van der Waals surface area contributed by atoms with Crippen molar-refractivity contribution in [2.24, 2.45) is 5.16 Å². The summed E-state index contributed by atoms with van der Waals surface area (Å²) >= 11 is 22.0. The molecule has 0 aliphatic carbocycles. The highest BCUT2D eigenvalue weighted by molar-refractivity contribution is 6.64. The summed E-state index contributed by atoms with van der Waals surface area (Å²) in [6.07, 6.45) is 6.08. The van der Waals surface area contributed by atoms with Crippen molar-refractivity contribution in [1.82, 2.24) is 0 Å². The molecular formula is C9H9Cl4NO2. The first kappa shape index (κ1) is 15.8. The van der Waals surface area contributed by atoms with Gasteiger partial charge in [0.15, 0.2) is 9.67 Å². The molecule has 0 aliphatic rings. The molecule has 0 aromatic rings. The Hall–Kier alpha value is -0.220. The predicted octanol–water partition coefficient (Wildman–Crippen LogP) is 3.63. The van der Waals surface area contributed by atoms with E-state index in [0.29, 0.717) is 0 Å². The summed E-state index contributed by atoms with van der Waals surface area (Å²) in [6, 6.07) is 0. The summed E-state index contributed by atoms with van der Waals surface area (Å²) in [7, 11) is 0. The minimum atomic E-state index is -1.03. The second-order valence-corrected chi connectivity index (χ2v) is 4.61. The molecule has 0 saturated heterocycles. The molecule has 0 fully saturated rings. The molecule has 0 rings (SSSR count). The van der Waals surface area contributed by atoms with Crippen molar-refractivity contribution in [2.45, 2.75) is 16.6 Å². The lowest BCUT2D eigenvalue weighted by Gasteiger charge is -2.05. The van der Waals surface area contributed by atoms with Gasteiger partial charge < -0.3 is 4.84 Å². The van der Waals surface area contributed by atoms with E-state index < -0.39 is 15.6 Å². The average molecular weight is 305 g/mol. The summed E-state index contributed by atoms with van der Waals surface area (Å²) in [4.78, 5) is 13.4. The van der Waals surface area contributed by atoms with Gasteiger partial charge in [0, 0.05) is 6.08 Å². The molecule has 90 valence electrons. The van der Waals surface area contributed by atoms with Crippen LogP contribution in [-0.4, -0.2) is 21.4 Å². The van der Waals surface area contributed by atoms with Gasteiger partial charge in [-0.2, -0.15) is 0 Å². The molecule has 7 heteroatoms. The molecule has 0 heterocycles. The summed E-state index contributed by atoms with van der Waals surface area (Å²) in [6.45, 7) is 1.81. The largest absolute Gasteiger partial charge is 0.358 e. The Bertz CT molecular complexity index is 301. The highest BCUT2D eigenvalue weighted by Gasteiger charge is 2.18. The monoisotopic (exact) mass is 303 g/mol. The van der Waals surface area contributed by atoms with Crippen molar-refractivity contribution in [3.8, 4) is 0 Å². The van der Waals surface area contributed by atoms with E-state index >= 15 is 0 Å². The average Bonchev–Trinajstić information content (AvgIpc) is 2.17. The maximum Gasteiger partial charge on any atom is 0.358 e. The van der Waals surface area contributed by atoms with Crippen molar-refractivity contribution >= 4 is 58.1 Å². The number of allylic oxidation sites excluding steroid dienone is 3. The highest BCUT2D eigenvalue weighted by Crippen LogP contribution is 2.15. The van der Waals surface area contributed by atoms with Crippen LogP contribution in [0.1, 0.15) is 6.92 Å². The quantitative estimate of drug-likeness (QED) is 0.194. The van der Waals surface area contributed by atoms with E-state index in [1.54, 1.807) is 12.2 Å². The summed E-state index contributed by atoms with van der Waals surface area (Å²) in [5.74, 6) is -0.682. The highest BCUT2D eigenvalue weighted by atomic mass is 35.5. The molecule has 0 unspecified atom stereocenters. The zero-order valence-corrected chi connectivity index (χ0v) is 11.3. The summed E-state index contributed by atoms with van der Waals surface area (Å²) in [5, 5.41) is 3.37. The van der Waals surface area contributed by atoms with E-state index in [0.717, 1.165) is 0 Å². The summed E-state index contributed by atoms with van der Waals surface area (Å²) in [5.41, 5.74) is -0.0422. The first-order valence-corrected chi connectivity index (χ1v) is 5.88. The van der Waals surface area contributed by atoms with Crippen LogP contribution >= 0.6 is 46.4 Å². The lowest BCUT2D eigenvalue weighted by molar-refractivity contribution is -0.137. The number of alkyl halides is 4. The van der Waals surface area contributed by atoms with E-state index in [2.05, 4.69) is 9.99 Å². The Morgan fingerprint density at radius 2 is 1.75 bits per heavy atom. The third-order valence-electron chi connectivity index (χ3n) is 1.22. The molecule has 16 heavy (non-hydrogen) atoms. The van der Waals surface area contributed by atoms with Crippen LogP contribution in [0.25, 0.3) is 0 Å². The molecule has 0 aromatic heterocycles. The van der Waals surface area contributed by atoms with Crippen LogP contribution in [0.2, 0.25) is 0 Å². The Labute approximate surface area is 114 Å². The smallest absolute Gasteiger partial charge is 0.313 e. The zero-order chi connectivity index (χ0) is 12.6. The van der Waals surface area contributed by atoms with Gasteiger partial charge in [-0.25, -0.2) is 4.79 Å². The molecule has 0 amide bonds. The predicted molar refractivity (Wildman–Crippen MR) is 68.5 cm³/mol. The number of rotatable bonds is 5. The summed E-state index contributed by atoms with van der Waals surface area (Å²) < 4.78 is 0. The van der Waals surface area contributed by atoms with Crippen LogP contribution in [-0.2, 0) is 9.63 Å². The van der Waals surface area contributed by atoms with Crippen molar-refractivity contribution < 1.29 is 9.63 Å². The van der Waals surface area contributed by atoms with Gasteiger partial charge in [0.05, 0.1) is 0 Å². The Morgan fingerprint density at radius 1 is 1.19 bits per heavy atom. The van der Waals surface area contributed by atoms with Gasteiger partial charge >= 0.3 is 5.97 Å². The van der Waals surface area contributed by atoms with Crippen LogP contribution in [0.3, 0.4) is 0 Å². The number of carbonyl (C=O) groups is 1. The van der Waals surface area contributed by atoms with Crippen LogP contribution in [0.15, 0.2) is 29.5 Å². The van der Waals surface area contributed by atoms with E-state index in [1.165, 1.54) is 12.2 Å². The molecule has 3 nitrogen and oxygen atoms in total. The third kappa shape index (κ3) is 7.12. The lowest BCUT2D eigenvalue weighted by atomic mass is 10.4. The maximum absolute atomic E-state index is 11.0. The van der Waals surface area contributed by atoms with Gasteiger partial charge in [0.2, 0.25) is 0 Å². The molecular weight excluding hydrogens is 296 g/mol.